The van der Waals surface area contributed by atoms with Crippen LogP contribution in [0.15, 0.2) is 72.6 Å². The largest absolute Gasteiger partial charge is 0.646 e. The molecule has 2 aromatic carbocycles. The van der Waals surface area contributed by atoms with Gasteiger partial charge in [-0.1, -0.05) is 36.4 Å². The monoisotopic (exact) mass is 357 g/mol. The van der Waals surface area contributed by atoms with Gasteiger partial charge in [0.05, 0.1) is 6.04 Å². The van der Waals surface area contributed by atoms with Gasteiger partial charge < -0.3 is 18.5 Å². The number of fused-ring (bicyclic) bond motifs is 1. The average molecular weight is 357 g/mol. The van der Waals surface area contributed by atoms with Crippen LogP contribution >= 0.6 is 7.82 Å². The van der Waals surface area contributed by atoms with Crippen molar-refractivity contribution in [2.75, 3.05) is 0 Å². The van der Waals surface area contributed by atoms with Crippen LogP contribution in [0.3, 0.4) is 0 Å². The van der Waals surface area contributed by atoms with Gasteiger partial charge in [0, 0.05) is 19.0 Å². The molecule has 1 amide bonds. The van der Waals surface area contributed by atoms with Gasteiger partial charge in [0.25, 0.3) is 0 Å². The summed E-state index contributed by atoms with van der Waals surface area (Å²) in [4.78, 5) is 13.1. The highest BCUT2D eigenvalue weighted by Gasteiger charge is 2.43. The second-order valence-corrected chi connectivity index (χ2v) is 7.25. The summed E-state index contributed by atoms with van der Waals surface area (Å²) in [6, 6.07) is 17.5. The van der Waals surface area contributed by atoms with E-state index in [0.29, 0.717) is 30.1 Å². The van der Waals surface area contributed by atoms with E-state index in [9.17, 15) is 9.36 Å². The van der Waals surface area contributed by atoms with Crippen molar-refractivity contribution >= 4 is 13.7 Å². The lowest BCUT2D eigenvalue weighted by Gasteiger charge is -2.32. The van der Waals surface area contributed by atoms with Gasteiger partial charge in [-0.3, -0.25) is 4.79 Å². The second-order valence-electron chi connectivity index (χ2n) is 5.81. The summed E-state index contributed by atoms with van der Waals surface area (Å²) in [5.74, 6) is 1.21. The molecule has 25 heavy (non-hydrogen) atoms. The number of carbonyl (C=O) groups is 1. The first kappa shape index (κ1) is 15.8. The van der Waals surface area contributed by atoms with E-state index in [2.05, 4.69) is 0 Å². The van der Waals surface area contributed by atoms with Crippen LogP contribution in [0.4, 0.5) is 0 Å². The number of phosphoric ester groups is 1. The zero-order valence-electron chi connectivity index (χ0n) is 13.3. The Morgan fingerprint density at radius 3 is 1.88 bits per heavy atom. The number of carbonyl (C=O) groups excluding carboxylic acids is 1. The van der Waals surface area contributed by atoms with Gasteiger partial charge in [0.2, 0.25) is 5.91 Å². The fraction of sp³-hybridized carbons (Fsp3) is 0.167. The second kappa shape index (κ2) is 6.30. The van der Waals surface area contributed by atoms with Crippen molar-refractivity contribution in [3.05, 3.63) is 72.6 Å². The molecule has 0 bridgehead atoms. The van der Waals surface area contributed by atoms with Crippen molar-refractivity contribution in [1.82, 2.24) is 4.90 Å². The molecular weight excluding hydrogens is 341 g/mol. The van der Waals surface area contributed by atoms with E-state index in [-0.39, 0.29) is 11.9 Å². The minimum absolute atomic E-state index is 0.0337. The fourth-order valence-electron chi connectivity index (χ4n) is 2.77. The number of para-hydroxylation sites is 2. The lowest BCUT2D eigenvalue weighted by atomic mass is 10.0. The number of amides is 1. The third-order valence-electron chi connectivity index (χ3n) is 3.96. The highest BCUT2D eigenvalue weighted by molar-refractivity contribution is 7.49. The molecule has 0 aromatic heterocycles. The third-order valence-corrected chi connectivity index (χ3v) is 5.29. The topological polar surface area (TPSA) is 65.1 Å². The van der Waals surface area contributed by atoms with E-state index < -0.39 is 7.82 Å². The van der Waals surface area contributed by atoms with Crippen molar-refractivity contribution in [1.29, 1.82) is 0 Å². The Kier molecular flexibility index (Phi) is 3.98. The molecule has 7 heteroatoms. The number of hydrogen-bond acceptors (Lipinski definition) is 5. The van der Waals surface area contributed by atoms with Gasteiger partial charge in [-0.25, -0.2) is 0 Å². The van der Waals surface area contributed by atoms with Crippen LogP contribution in [0, 0.1) is 0 Å². The summed E-state index contributed by atoms with van der Waals surface area (Å²) in [5.41, 5.74) is 0. The van der Waals surface area contributed by atoms with Crippen molar-refractivity contribution in [2.45, 2.75) is 18.9 Å². The van der Waals surface area contributed by atoms with E-state index in [1.54, 1.807) is 59.6 Å². The maximum atomic E-state index is 13.2. The average Bonchev–Trinajstić information content (AvgIpc) is 2.92. The highest BCUT2D eigenvalue weighted by atomic mass is 31.2. The van der Waals surface area contributed by atoms with Crippen LogP contribution in [-0.2, 0) is 13.9 Å². The summed E-state index contributed by atoms with van der Waals surface area (Å²) < 4.78 is 29.9. The summed E-state index contributed by atoms with van der Waals surface area (Å²) >= 11 is 0. The molecule has 2 heterocycles. The Labute approximate surface area is 145 Å². The maximum Gasteiger partial charge on any atom is 0.646 e. The van der Waals surface area contributed by atoms with Gasteiger partial charge >= 0.3 is 7.82 Å². The van der Waals surface area contributed by atoms with E-state index in [1.165, 1.54) is 0 Å². The Morgan fingerprint density at radius 2 is 1.40 bits per heavy atom. The number of hydrogen-bond donors (Lipinski definition) is 0. The minimum Gasteiger partial charge on any atom is -0.389 e. The lowest BCUT2D eigenvalue weighted by Crippen LogP contribution is -2.45. The smallest absolute Gasteiger partial charge is 0.389 e. The molecule has 0 unspecified atom stereocenters. The predicted molar refractivity (Wildman–Crippen MR) is 90.8 cm³/mol. The van der Waals surface area contributed by atoms with Gasteiger partial charge in [0.15, 0.2) is 0 Å². The molecule has 4 rings (SSSR count). The molecule has 0 N–H and O–H groups in total. The Bertz CT molecular complexity index is 807. The number of phosphoric acid groups is 1. The van der Waals surface area contributed by atoms with Crippen LogP contribution in [0.25, 0.3) is 0 Å². The maximum absolute atomic E-state index is 13.2. The molecule has 1 atom stereocenters. The fourth-order valence-corrected chi connectivity index (χ4v) is 4.05. The van der Waals surface area contributed by atoms with Crippen molar-refractivity contribution in [2.24, 2.45) is 0 Å². The Balaban J connectivity index is 1.57. The number of rotatable bonds is 6. The summed E-state index contributed by atoms with van der Waals surface area (Å²) in [5, 5.41) is 0. The van der Waals surface area contributed by atoms with Gasteiger partial charge in [-0.15, -0.1) is 0 Å². The van der Waals surface area contributed by atoms with Crippen molar-refractivity contribution in [3.8, 4) is 11.5 Å². The van der Waals surface area contributed by atoms with E-state index in [1.807, 2.05) is 12.1 Å². The summed E-state index contributed by atoms with van der Waals surface area (Å²) in [6.07, 6.45) is 2.56. The normalized spacial score (nSPS) is 18.9. The minimum atomic E-state index is -3.96. The van der Waals surface area contributed by atoms with Crippen LogP contribution in [0.1, 0.15) is 12.8 Å². The van der Waals surface area contributed by atoms with E-state index >= 15 is 0 Å². The molecule has 6 nitrogen and oxygen atoms in total. The number of benzene rings is 2. The molecule has 0 spiro atoms. The van der Waals surface area contributed by atoms with Crippen LogP contribution < -0.4 is 9.05 Å². The summed E-state index contributed by atoms with van der Waals surface area (Å²) in [7, 11) is -3.96. The van der Waals surface area contributed by atoms with Crippen LogP contribution in [-0.4, -0.2) is 16.8 Å². The molecule has 2 aliphatic rings. The zero-order chi connectivity index (χ0) is 17.3. The zero-order valence-corrected chi connectivity index (χ0v) is 14.2. The first-order chi connectivity index (χ1) is 12.1. The number of nitrogens with zero attached hydrogens (tertiary/aromatic N) is 1. The lowest BCUT2D eigenvalue weighted by molar-refractivity contribution is -0.140. The molecular formula is C18H16NO5P. The van der Waals surface area contributed by atoms with Crippen molar-refractivity contribution in [3.63, 3.8) is 0 Å². The van der Waals surface area contributed by atoms with Crippen LogP contribution in [0.2, 0.25) is 0 Å². The quantitative estimate of drug-likeness (QED) is 0.575. The molecule has 0 radical (unpaired) electrons. The molecule has 2 aromatic rings. The van der Waals surface area contributed by atoms with Gasteiger partial charge in [-0.2, -0.15) is 4.57 Å². The first-order valence-electron chi connectivity index (χ1n) is 7.92. The Hall–Kier alpha value is -2.72. The van der Waals surface area contributed by atoms with Gasteiger partial charge in [-0.05, 0) is 24.3 Å². The highest BCUT2D eigenvalue weighted by Crippen LogP contribution is 2.53. The molecule has 1 fully saturated rings. The summed E-state index contributed by atoms with van der Waals surface area (Å²) in [6.45, 7) is 0. The van der Waals surface area contributed by atoms with Crippen LogP contribution in [0.5, 0.6) is 11.5 Å². The molecule has 128 valence electrons. The predicted octanol–water partition coefficient (Wildman–Crippen LogP) is 4.12. The van der Waals surface area contributed by atoms with E-state index in [0.717, 1.165) is 0 Å². The van der Waals surface area contributed by atoms with Crippen molar-refractivity contribution < 1.29 is 22.9 Å². The SMILES string of the molecule is O=C1C[C@H]2CC(OP(=O)(Oc3ccccc3)Oc3ccccc3)=CN12. The Morgan fingerprint density at radius 1 is 0.840 bits per heavy atom. The standard InChI is InChI=1S/C18H16NO5P/c20-18-12-14-11-17(13-19(14)18)24-25(21,22-15-7-3-1-4-8-15)23-16-9-5-2-6-10-16/h1-10,13-14H,11-12H2/t14-/m1/s1. The molecule has 0 saturated carbocycles. The molecule has 1 saturated heterocycles. The number of β-lactam (4-membered cyclic amide) rings is 1. The first-order valence-corrected chi connectivity index (χ1v) is 9.38. The molecule has 2 aliphatic heterocycles. The van der Waals surface area contributed by atoms with Gasteiger partial charge in [0.1, 0.15) is 17.3 Å². The van der Waals surface area contributed by atoms with E-state index in [4.69, 9.17) is 13.6 Å². The molecule has 0 aliphatic carbocycles. The third kappa shape index (κ3) is 3.39.